The van der Waals surface area contributed by atoms with Crippen LogP contribution in [0.2, 0.25) is 0 Å². The van der Waals surface area contributed by atoms with Gasteiger partial charge in [0.25, 0.3) is 0 Å². The first-order chi connectivity index (χ1) is 9.72. The molecule has 106 valence electrons. The van der Waals surface area contributed by atoms with Crippen molar-refractivity contribution in [1.82, 2.24) is 14.8 Å². The zero-order valence-corrected chi connectivity index (χ0v) is 11.5. The van der Waals surface area contributed by atoms with Gasteiger partial charge in [0.05, 0.1) is 20.3 Å². The van der Waals surface area contributed by atoms with Crippen LogP contribution >= 0.6 is 0 Å². The van der Waals surface area contributed by atoms with E-state index in [4.69, 9.17) is 15.2 Å². The van der Waals surface area contributed by atoms with E-state index in [1.807, 2.05) is 22.9 Å². The molecule has 0 bridgehead atoms. The lowest BCUT2D eigenvalue weighted by Gasteiger charge is -2.26. The summed E-state index contributed by atoms with van der Waals surface area (Å²) in [7, 11) is 3.28. The number of hydrogen-bond acceptors (Lipinski definition) is 6. The molecule has 20 heavy (non-hydrogen) atoms. The Bertz CT molecular complexity index is 625. The van der Waals surface area contributed by atoms with Crippen molar-refractivity contribution in [3.63, 3.8) is 0 Å². The SMILES string of the molecule is COc1ccc(C2CCNc3nc(N)nn32)c(OC)c1. The van der Waals surface area contributed by atoms with Crippen LogP contribution in [0.4, 0.5) is 11.9 Å². The van der Waals surface area contributed by atoms with Crippen molar-refractivity contribution in [2.24, 2.45) is 0 Å². The van der Waals surface area contributed by atoms with Crippen molar-refractivity contribution < 1.29 is 9.47 Å². The molecule has 1 aliphatic heterocycles. The van der Waals surface area contributed by atoms with Crippen LogP contribution < -0.4 is 20.5 Å². The highest BCUT2D eigenvalue weighted by atomic mass is 16.5. The van der Waals surface area contributed by atoms with Gasteiger partial charge in [-0.05, 0) is 18.6 Å². The summed E-state index contributed by atoms with van der Waals surface area (Å²) >= 11 is 0. The zero-order chi connectivity index (χ0) is 14.1. The molecule has 0 aliphatic carbocycles. The second kappa shape index (κ2) is 4.92. The summed E-state index contributed by atoms with van der Waals surface area (Å²) in [6, 6.07) is 5.84. The number of fused-ring (bicyclic) bond motifs is 1. The predicted octanol–water partition coefficient (Wildman–Crippen LogP) is 1.28. The van der Waals surface area contributed by atoms with Crippen molar-refractivity contribution in [2.45, 2.75) is 12.5 Å². The highest BCUT2D eigenvalue weighted by Gasteiger charge is 2.26. The average molecular weight is 275 g/mol. The number of ether oxygens (including phenoxy) is 2. The van der Waals surface area contributed by atoms with Crippen LogP contribution in [0.5, 0.6) is 11.5 Å². The number of anilines is 2. The van der Waals surface area contributed by atoms with Crippen LogP contribution in [0.25, 0.3) is 0 Å². The number of hydrogen-bond donors (Lipinski definition) is 2. The van der Waals surface area contributed by atoms with E-state index in [0.717, 1.165) is 30.0 Å². The summed E-state index contributed by atoms with van der Waals surface area (Å²) in [5.41, 5.74) is 6.72. The number of rotatable bonds is 3. The van der Waals surface area contributed by atoms with E-state index < -0.39 is 0 Å². The van der Waals surface area contributed by atoms with E-state index in [1.54, 1.807) is 14.2 Å². The molecular weight excluding hydrogens is 258 g/mol. The number of methoxy groups -OCH3 is 2. The van der Waals surface area contributed by atoms with Gasteiger partial charge in [0.1, 0.15) is 11.5 Å². The maximum atomic E-state index is 5.68. The predicted molar refractivity (Wildman–Crippen MR) is 75.2 cm³/mol. The van der Waals surface area contributed by atoms with Gasteiger partial charge >= 0.3 is 0 Å². The minimum Gasteiger partial charge on any atom is -0.497 e. The van der Waals surface area contributed by atoms with Crippen molar-refractivity contribution in [3.05, 3.63) is 23.8 Å². The Balaban J connectivity index is 2.05. The van der Waals surface area contributed by atoms with Crippen molar-refractivity contribution in [3.8, 4) is 11.5 Å². The largest absolute Gasteiger partial charge is 0.497 e. The van der Waals surface area contributed by atoms with E-state index in [-0.39, 0.29) is 12.0 Å². The average Bonchev–Trinajstić information content (AvgIpc) is 2.86. The fourth-order valence-electron chi connectivity index (χ4n) is 2.50. The fourth-order valence-corrected chi connectivity index (χ4v) is 2.50. The molecule has 1 aliphatic rings. The third kappa shape index (κ3) is 2.01. The second-order valence-electron chi connectivity index (χ2n) is 4.58. The molecule has 1 unspecified atom stereocenters. The topological polar surface area (TPSA) is 87.2 Å². The van der Waals surface area contributed by atoms with Gasteiger partial charge in [0.2, 0.25) is 11.9 Å². The molecule has 1 atom stereocenters. The van der Waals surface area contributed by atoms with Gasteiger partial charge in [0, 0.05) is 18.2 Å². The monoisotopic (exact) mass is 275 g/mol. The molecule has 1 aromatic carbocycles. The van der Waals surface area contributed by atoms with Gasteiger partial charge in [-0.2, -0.15) is 4.98 Å². The third-order valence-electron chi connectivity index (χ3n) is 3.44. The minimum atomic E-state index is 0.0527. The van der Waals surface area contributed by atoms with Crippen molar-refractivity contribution >= 4 is 11.9 Å². The lowest BCUT2D eigenvalue weighted by molar-refractivity contribution is 0.379. The maximum Gasteiger partial charge on any atom is 0.241 e. The molecule has 1 aromatic heterocycles. The number of benzene rings is 1. The molecule has 0 radical (unpaired) electrons. The summed E-state index contributed by atoms with van der Waals surface area (Å²) in [6.07, 6.45) is 0.887. The summed E-state index contributed by atoms with van der Waals surface area (Å²) in [6.45, 7) is 0.817. The summed E-state index contributed by atoms with van der Waals surface area (Å²) in [4.78, 5) is 4.17. The van der Waals surface area contributed by atoms with E-state index >= 15 is 0 Å². The second-order valence-corrected chi connectivity index (χ2v) is 4.58. The quantitative estimate of drug-likeness (QED) is 0.877. The Morgan fingerprint density at radius 2 is 2.20 bits per heavy atom. The van der Waals surface area contributed by atoms with Gasteiger partial charge in [-0.15, -0.1) is 5.10 Å². The van der Waals surface area contributed by atoms with Gasteiger partial charge in [0.15, 0.2) is 0 Å². The summed E-state index contributed by atoms with van der Waals surface area (Å²) in [5, 5.41) is 7.45. The van der Waals surface area contributed by atoms with E-state index in [2.05, 4.69) is 15.4 Å². The van der Waals surface area contributed by atoms with Crippen LogP contribution in [-0.2, 0) is 0 Å². The molecule has 3 N–H and O–H groups in total. The highest BCUT2D eigenvalue weighted by Crippen LogP contribution is 2.36. The molecular formula is C13H17N5O2. The molecule has 0 spiro atoms. The normalized spacial score (nSPS) is 17.2. The zero-order valence-electron chi connectivity index (χ0n) is 11.5. The molecule has 2 heterocycles. The molecule has 7 nitrogen and oxygen atoms in total. The first-order valence-corrected chi connectivity index (χ1v) is 6.40. The number of nitrogens with two attached hydrogens (primary N) is 1. The number of nitrogen functional groups attached to an aromatic ring is 1. The lowest BCUT2D eigenvalue weighted by atomic mass is 10.0. The van der Waals surface area contributed by atoms with Crippen molar-refractivity contribution in [2.75, 3.05) is 31.8 Å². The maximum absolute atomic E-state index is 5.68. The van der Waals surface area contributed by atoms with Crippen LogP contribution in [0.3, 0.4) is 0 Å². The first-order valence-electron chi connectivity index (χ1n) is 6.40. The molecule has 7 heteroatoms. The Kier molecular flexibility index (Phi) is 3.09. The number of nitrogens with zero attached hydrogens (tertiary/aromatic N) is 3. The van der Waals surface area contributed by atoms with Crippen LogP contribution in [0, 0.1) is 0 Å². The smallest absolute Gasteiger partial charge is 0.241 e. The van der Waals surface area contributed by atoms with Gasteiger partial charge in [-0.25, -0.2) is 4.68 Å². The van der Waals surface area contributed by atoms with Crippen LogP contribution in [0.15, 0.2) is 18.2 Å². The number of nitrogens with one attached hydrogen (secondary N) is 1. The fraction of sp³-hybridized carbons (Fsp3) is 0.385. The van der Waals surface area contributed by atoms with E-state index in [1.165, 1.54) is 0 Å². The Morgan fingerprint density at radius 1 is 1.35 bits per heavy atom. The molecule has 0 saturated carbocycles. The Morgan fingerprint density at radius 3 is 2.95 bits per heavy atom. The van der Waals surface area contributed by atoms with Gasteiger partial charge < -0.3 is 20.5 Å². The number of aromatic nitrogens is 3. The van der Waals surface area contributed by atoms with Crippen molar-refractivity contribution in [1.29, 1.82) is 0 Å². The summed E-state index contributed by atoms with van der Waals surface area (Å²) < 4.78 is 12.5. The molecule has 0 saturated heterocycles. The third-order valence-corrected chi connectivity index (χ3v) is 3.44. The molecule has 2 aromatic rings. The van der Waals surface area contributed by atoms with Crippen LogP contribution in [-0.4, -0.2) is 35.5 Å². The molecule has 0 amide bonds. The van der Waals surface area contributed by atoms with Gasteiger partial charge in [-0.1, -0.05) is 0 Å². The lowest BCUT2D eigenvalue weighted by Crippen LogP contribution is -2.25. The highest BCUT2D eigenvalue weighted by molar-refractivity contribution is 5.45. The Labute approximate surface area is 116 Å². The standard InChI is InChI=1S/C13H17N5O2/c1-19-8-3-4-9(11(7-8)20-2)10-5-6-15-13-16-12(14)17-18(10)13/h3-4,7,10H,5-6H2,1-2H3,(H3,14,15,16,17). The Hall–Kier alpha value is -2.44. The minimum absolute atomic E-state index is 0.0527. The van der Waals surface area contributed by atoms with E-state index in [0.29, 0.717) is 5.95 Å². The summed E-state index contributed by atoms with van der Waals surface area (Å²) in [5.74, 6) is 2.50. The van der Waals surface area contributed by atoms with Crippen LogP contribution in [0.1, 0.15) is 18.0 Å². The first kappa shape index (κ1) is 12.6. The molecule has 0 fully saturated rings. The van der Waals surface area contributed by atoms with Gasteiger partial charge in [-0.3, -0.25) is 0 Å². The molecule has 3 rings (SSSR count). The van der Waals surface area contributed by atoms with E-state index in [9.17, 15) is 0 Å².